The van der Waals surface area contributed by atoms with Crippen molar-refractivity contribution in [3.63, 3.8) is 0 Å². The zero-order valence-electron chi connectivity index (χ0n) is 6.86. The number of benzene rings is 1. The maximum absolute atomic E-state index is 3.96. The van der Waals surface area contributed by atoms with Crippen molar-refractivity contribution in [3.8, 4) is 0 Å². The summed E-state index contributed by atoms with van der Waals surface area (Å²) in [6, 6.07) is 4.32. The molecule has 0 amide bonds. The van der Waals surface area contributed by atoms with Gasteiger partial charge in [-0.15, -0.1) is 0 Å². The van der Waals surface area contributed by atoms with Gasteiger partial charge in [-0.1, -0.05) is 0 Å². The molecule has 0 heterocycles. The van der Waals surface area contributed by atoms with Gasteiger partial charge in [-0.3, -0.25) is 0 Å². The fourth-order valence-electron chi connectivity index (χ4n) is 1.21. The summed E-state index contributed by atoms with van der Waals surface area (Å²) in [6.07, 6.45) is 0. The summed E-state index contributed by atoms with van der Waals surface area (Å²) in [5.41, 5.74) is 5.07. The molecule has 0 nitrogen and oxygen atoms in total. The van der Waals surface area contributed by atoms with Gasteiger partial charge >= 0.3 is 0 Å². The molecule has 0 atom stereocenters. The molecule has 0 aliphatic carbocycles. The fraction of sp³-hybridized carbons (Fsp3) is 0.300. The monoisotopic (exact) mass is 133 g/mol. The zero-order valence-corrected chi connectivity index (χ0v) is 6.86. The zero-order chi connectivity index (χ0) is 7.72. The molecule has 52 valence electrons. The van der Waals surface area contributed by atoms with Gasteiger partial charge in [0.1, 0.15) is 5.56 Å². The normalized spacial score (nSPS) is 9.90. The van der Waals surface area contributed by atoms with Gasteiger partial charge < -0.3 is 0 Å². The van der Waals surface area contributed by atoms with Gasteiger partial charge in [-0.2, -0.15) is 0 Å². The highest BCUT2D eigenvalue weighted by atomic mass is 14.0. The third-order valence-corrected chi connectivity index (χ3v) is 1.84. The summed E-state index contributed by atoms with van der Waals surface area (Å²) in [6.45, 7) is 10.3. The molecule has 0 aliphatic heterocycles. The van der Waals surface area contributed by atoms with Crippen LogP contribution in [0.4, 0.5) is 0 Å². The lowest BCUT2D eigenvalue weighted by Crippen LogP contribution is -1.86. The quantitative estimate of drug-likeness (QED) is 0.477. The van der Waals surface area contributed by atoms with Crippen molar-refractivity contribution >= 4 is 0 Å². The molecule has 0 unspecified atom stereocenters. The molecule has 1 rings (SSSR count). The van der Waals surface area contributed by atoms with E-state index in [4.69, 9.17) is 0 Å². The van der Waals surface area contributed by atoms with Crippen LogP contribution in [0.1, 0.15) is 22.3 Å². The summed E-state index contributed by atoms with van der Waals surface area (Å²) in [5.74, 6) is 0. The van der Waals surface area contributed by atoms with Crippen LogP contribution in [0.15, 0.2) is 12.1 Å². The first-order valence-electron chi connectivity index (χ1n) is 3.51. The molecule has 0 radical (unpaired) electrons. The highest BCUT2D eigenvalue weighted by Crippen LogP contribution is 2.13. The fourth-order valence-corrected chi connectivity index (χ4v) is 1.21. The average Bonchev–Trinajstić information content (AvgIpc) is 1.82. The van der Waals surface area contributed by atoms with Crippen molar-refractivity contribution < 1.29 is 0 Å². The van der Waals surface area contributed by atoms with Crippen LogP contribution >= 0.6 is 0 Å². The first-order chi connectivity index (χ1) is 4.61. The van der Waals surface area contributed by atoms with E-state index >= 15 is 0 Å². The average molecular weight is 133 g/mol. The molecule has 0 heteroatoms. The predicted molar refractivity (Wildman–Crippen MR) is 45.1 cm³/mol. The highest BCUT2D eigenvalue weighted by molar-refractivity contribution is 5.38. The molecule has 1 aromatic carbocycles. The molecule has 0 aromatic heterocycles. The first-order valence-corrected chi connectivity index (χ1v) is 3.51. The van der Waals surface area contributed by atoms with Gasteiger partial charge in [0.25, 0.3) is 0 Å². The van der Waals surface area contributed by atoms with Crippen LogP contribution in [-0.4, -0.2) is 0 Å². The summed E-state index contributed by atoms with van der Waals surface area (Å²) in [4.78, 5) is 0. The van der Waals surface area contributed by atoms with E-state index in [1.54, 1.807) is 0 Å². The van der Waals surface area contributed by atoms with E-state index in [0.29, 0.717) is 0 Å². The third-order valence-electron chi connectivity index (χ3n) is 1.84. The second-order valence-electron chi connectivity index (χ2n) is 2.88. The minimum absolute atomic E-state index is 1.17. The molecular weight excluding hydrogens is 120 g/mol. The lowest BCUT2D eigenvalue weighted by Gasteiger charge is -1.95. The first kappa shape index (κ1) is 7.20. The van der Waals surface area contributed by atoms with Crippen LogP contribution in [0.2, 0.25) is 0 Å². The summed E-state index contributed by atoms with van der Waals surface area (Å²) < 4.78 is 0. The Morgan fingerprint density at radius 1 is 1.00 bits per heavy atom. The van der Waals surface area contributed by atoms with Crippen LogP contribution in [0, 0.1) is 27.7 Å². The predicted octanol–water partition coefficient (Wildman–Crippen LogP) is 2.79. The van der Waals surface area contributed by atoms with E-state index in [-0.39, 0.29) is 0 Å². The molecule has 1 aromatic rings. The second-order valence-corrected chi connectivity index (χ2v) is 2.88. The Balaban J connectivity index is 3.31. The van der Waals surface area contributed by atoms with Crippen molar-refractivity contribution in [3.05, 3.63) is 41.3 Å². The van der Waals surface area contributed by atoms with Crippen LogP contribution in [-0.2, 0) is 0 Å². The molecule has 10 heavy (non-hydrogen) atoms. The van der Waals surface area contributed by atoms with E-state index in [1.807, 2.05) is 0 Å². The van der Waals surface area contributed by atoms with Crippen molar-refractivity contribution in [2.75, 3.05) is 0 Å². The third kappa shape index (κ3) is 1.15. The molecular formula is C10H13+. The molecule has 0 N–H and O–H groups in total. The summed E-state index contributed by atoms with van der Waals surface area (Å²) in [7, 11) is 0. The van der Waals surface area contributed by atoms with Gasteiger partial charge in [0.2, 0.25) is 0 Å². The van der Waals surface area contributed by atoms with Gasteiger partial charge in [-0.25, -0.2) is 0 Å². The SMILES string of the molecule is [CH2+]c1c(C)cc(C)cc1C. The van der Waals surface area contributed by atoms with Crippen molar-refractivity contribution in [1.29, 1.82) is 0 Å². The largest absolute Gasteiger partial charge is 0.132 e. The van der Waals surface area contributed by atoms with E-state index in [2.05, 4.69) is 39.8 Å². The summed E-state index contributed by atoms with van der Waals surface area (Å²) in [5, 5.41) is 0. The molecule has 0 aliphatic rings. The molecule has 0 saturated carbocycles. The Bertz CT molecular complexity index is 223. The maximum Gasteiger partial charge on any atom is 0.132 e. The minimum Gasteiger partial charge on any atom is -0.0374 e. The number of rotatable bonds is 0. The number of hydrogen-bond donors (Lipinski definition) is 0. The van der Waals surface area contributed by atoms with Crippen LogP contribution in [0.25, 0.3) is 0 Å². The van der Waals surface area contributed by atoms with Crippen molar-refractivity contribution in [1.82, 2.24) is 0 Å². The lowest BCUT2D eigenvalue weighted by atomic mass is 10.0. The Morgan fingerprint density at radius 3 is 1.80 bits per heavy atom. The summed E-state index contributed by atoms with van der Waals surface area (Å²) >= 11 is 0. The smallest absolute Gasteiger partial charge is 0.0374 e. The Labute approximate surface area is 62.9 Å². The topological polar surface area (TPSA) is 0 Å². The molecule has 0 saturated heterocycles. The molecule has 0 bridgehead atoms. The highest BCUT2D eigenvalue weighted by Gasteiger charge is 2.05. The maximum atomic E-state index is 3.96. The minimum atomic E-state index is 1.17. The van der Waals surface area contributed by atoms with Crippen LogP contribution in [0.3, 0.4) is 0 Å². The second kappa shape index (κ2) is 2.37. The van der Waals surface area contributed by atoms with Gasteiger partial charge in [0, 0.05) is 32.9 Å². The molecule has 0 fully saturated rings. The van der Waals surface area contributed by atoms with Crippen LogP contribution in [0.5, 0.6) is 0 Å². The number of aryl methyl sites for hydroxylation is 3. The Kier molecular flexibility index (Phi) is 1.71. The van der Waals surface area contributed by atoms with Gasteiger partial charge in [-0.05, 0) is 12.5 Å². The Hall–Kier alpha value is -0.910. The van der Waals surface area contributed by atoms with E-state index in [0.717, 1.165) is 0 Å². The lowest BCUT2D eigenvalue weighted by molar-refractivity contribution is 1.28. The van der Waals surface area contributed by atoms with Gasteiger partial charge in [0.05, 0.1) is 11.1 Å². The number of hydrogen-bond acceptors (Lipinski definition) is 0. The van der Waals surface area contributed by atoms with E-state index in [9.17, 15) is 0 Å². The van der Waals surface area contributed by atoms with E-state index in [1.165, 1.54) is 22.3 Å². The Morgan fingerprint density at radius 2 is 1.40 bits per heavy atom. The van der Waals surface area contributed by atoms with Crippen LogP contribution < -0.4 is 0 Å². The standard InChI is InChI=1S/C10H13/c1-7-5-8(2)10(4)9(3)6-7/h5-6H,4H2,1-3H3/q+1. The van der Waals surface area contributed by atoms with Gasteiger partial charge in [0.15, 0.2) is 0 Å². The van der Waals surface area contributed by atoms with Crippen molar-refractivity contribution in [2.45, 2.75) is 20.8 Å². The van der Waals surface area contributed by atoms with E-state index < -0.39 is 0 Å². The molecule has 0 spiro atoms. The van der Waals surface area contributed by atoms with Crippen molar-refractivity contribution in [2.24, 2.45) is 0 Å².